The van der Waals surface area contributed by atoms with Crippen molar-refractivity contribution in [3.8, 4) is 0 Å². The lowest BCUT2D eigenvalue weighted by Crippen LogP contribution is -2.61. The lowest BCUT2D eigenvalue weighted by Gasteiger charge is -2.42. The number of piperazine rings is 1. The molecule has 23 heavy (non-hydrogen) atoms. The molecule has 2 rings (SSSR count). The van der Waals surface area contributed by atoms with Crippen molar-refractivity contribution in [1.29, 1.82) is 0 Å². The van der Waals surface area contributed by atoms with Crippen molar-refractivity contribution < 1.29 is 9.53 Å². The van der Waals surface area contributed by atoms with Gasteiger partial charge in [-0.05, 0) is 38.7 Å². The molecule has 0 bridgehead atoms. The van der Waals surface area contributed by atoms with Crippen LogP contribution < -0.4 is 5.32 Å². The Bertz CT molecular complexity index is 508. The van der Waals surface area contributed by atoms with Gasteiger partial charge in [-0.15, -0.1) is 0 Å². The quantitative estimate of drug-likeness (QED) is 0.928. The van der Waals surface area contributed by atoms with Crippen molar-refractivity contribution in [3.05, 3.63) is 35.9 Å². The molecule has 1 aliphatic rings. The number of amides is 1. The maximum Gasteiger partial charge on any atom is 0.410 e. The van der Waals surface area contributed by atoms with Crippen LogP contribution in [0.2, 0.25) is 0 Å². The highest BCUT2D eigenvalue weighted by atomic mass is 16.6. The summed E-state index contributed by atoms with van der Waals surface area (Å²) in [4.78, 5) is 14.5. The Kier molecular flexibility index (Phi) is 5.69. The van der Waals surface area contributed by atoms with Crippen LogP contribution in [0.5, 0.6) is 0 Å². The van der Waals surface area contributed by atoms with E-state index >= 15 is 0 Å². The molecule has 1 aromatic rings. The minimum absolute atomic E-state index is 0.178. The Morgan fingerprint density at radius 2 is 1.96 bits per heavy atom. The molecule has 4 nitrogen and oxygen atoms in total. The lowest BCUT2D eigenvalue weighted by molar-refractivity contribution is 0.00126. The molecule has 1 aromatic carbocycles. The molecule has 0 saturated carbocycles. The van der Waals surface area contributed by atoms with Gasteiger partial charge in [0.2, 0.25) is 0 Å². The predicted octanol–water partition coefficient (Wildman–Crippen LogP) is 3.46. The first-order chi connectivity index (χ1) is 10.8. The molecular formula is C19H30N2O2. The van der Waals surface area contributed by atoms with E-state index in [0.29, 0.717) is 12.5 Å². The second-order valence-corrected chi connectivity index (χ2v) is 7.74. The van der Waals surface area contributed by atoms with Gasteiger partial charge in [0.25, 0.3) is 0 Å². The third-order valence-corrected chi connectivity index (χ3v) is 4.16. The van der Waals surface area contributed by atoms with Crippen LogP contribution in [0.25, 0.3) is 0 Å². The van der Waals surface area contributed by atoms with Crippen molar-refractivity contribution in [2.45, 2.75) is 58.7 Å². The second kappa shape index (κ2) is 7.35. The zero-order valence-electron chi connectivity index (χ0n) is 15.0. The third-order valence-electron chi connectivity index (χ3n) is 4.16. The standard InChI is InChI=1S/C19H30N2O2/c1-14(2)17-12-20-16(11-15-9-7-6-8-10-15)13-21(17)18(22)23-19(3,4)5/h6-10,14,16-17,20H,11-13H2,1-5H3/t16-,17+/m0/s1. The third kappa shape index (κ3) is 5.24. The Hall–Kier alpha value is -1.55. The minimum atomic E-state index is -0.460. The molecule has 0 radical (unpaired) electrons. The van der Waals surface area contributed by atoms with Crippen LogP contribution in [0, 0.1) is 5.92 Å². The number of hydrogen-bond acceptors (Lipinski definition) is 3. The van der Waals surface area contributed by atoms with Gasteiger partial charge in [-0.2, -0.15) is 0 Å². The highest BCUT2D eigenvalue weighted by Crippen LogP contribution is 2.20. The number of carbonyl (C=O) groups is 1. The highest BCUT2D eigenvalue weighted by molar-refractivity contribution is 5.69. The summed E-state index contributed by atoms with van der Waals surface area (Å²) in [6, 6.07) is 10.8. The molecule has 2 atom stereocenters. The van der Waals surface area contributed by atoms with Crippen LogP contribution in [0.15, 0.2) is 30.3 Å². The molecule has 0 unspecified atom stereocenters. The number of carbonyl (C=O) groups excluding carboxylic acids is 1. The normalized spacial score (nSPS) is 22.3. The van der Waals surface area contributed by atoms with Crippen LogP contribution in [0.1, 0.15) is 40.2 Å². The maximum atomic E-state index is 12.6. The fraction of sp³-hybridized carbons (Fsp3) is 0.632. The molecule has 1 N–H and O–H groups in total. The molecule has 1 amide bonds. The molecule has 1 fully saturated rings. The first-order valence-corrected chi connectivity index (χ1v) is 8.53. The van der Waals surface area contributed by atoms with E-state index in [1.54, 1.807) is 0 Å². The van der Waals surface area contributed by atoms with Crippen LogP contribution >= 0.6 is 0 Å². The van der Waals surface area contributed by atoms with Gasteiger partial charge in [0.1, 0.15) is 5.60 Å². The zero-order chi connectivity index (χ0) is 17.0. The summed E-state index contributed by atoms with van der Waals surface area (Å²) in [6.07, 6.45) is 0.723. The molecular weight excluding hydrogens is 288 g/mol. The maximum absolute atomic E-state index is 12.6. The summed E-state index contributed by atoms with van der Waals surface area (Å²) < 4.78 is 5.62. The summed E-state index contributed by atoms with van der Waals surface area (Å²) in [6.45, 7) is 11.6. The summed E-state index contributed by atoms with van der Waals surface area (Å²) >= 11 is 0. The van der Waals surface area contributed by atoms with E-state index in [0.717, 1.165) is 13.0 Å². The fourth-order valence-electron chi connectivity index (χ4n) is 3.00. The fourth-order valence-corrected chi connectivity index (χ4v) is 3.00. The Balaban J connectivity index is 2.06. The van der Waals surface area contributed by atoms with Crippen molar-refractivity contribution in [2.24, 2.45) is 5.92 Å². The number of nitrogens with one attached hydrogen (secondary N) is 1. The number of nitrogens with zero attached hydrogens (tertiary/aromatic N) is 1. The zero-order valence-corrected chi connectivity index (χ0v) is 15.0. The van der Waals surface area contributed by atoms with Crippen molar-refractivity contribution in [1.82, 2.24) is 10.2 Å². The van der Waals surface area contributed by atoms with E-state index in [-0.39, 0.29) is 18.2 Å². The number of hydrogen-bond donors (Lipinski definition) is 1. The predicted molar refractivity (Wildman–Crippen MR) is 93.5 cm³/mol. The molecule has 0 aromatic heterocycles. The first kappa shape index (κ1) is 17.8. The van der Waals surface area contributed by atoms with E-state index in [1.807, 2.05) is 31.7 Å². The van der Waals surface area contributed by atoms with Gasteiger partial charge in [-0.1, -0.05) is 44.2 Å². The van der Waals surface area contributed by atoms with E-state index in [4.69, 9.17) is 4.74 Å². The van der Waals surface area contributed by atoms with Crippen LogP contribution in [-0.4, -0.2) is 41.8 Å². The molecule has 0 spiro atoms. The topological polar surface area (TPSA) is 41.6 Å². The average Bonchev–Trinajstić information content (AvgIpc) is 2.46. The largest absolute Gasteiger partial charge is 0.444 e. The van der Waals surface area contributed by atoms with Gasteiger partial charge in [-0.3, -0.25) is 0 Å². The Labute approximate surface area is 140 Å². The monoisotopic (exact) mass is 318 g/mol. The van der Waals surface area contributed by atoms with Gasteiger partial charge in [0.15, 0.2) is 0 Å². The van der Waals surface area contributed by atoms with Crippen molar-refractivity contribution in [2.75, 3.05) is 13.1 Å². The van der Waals surface area contributed by atoms with Gasteiger partial charge in [0.05, 0.1) is 0 Å². The van der Waals surface area contributed by atoms with Crippen LogP contribution in [-0.2, 0) is 11.2 Å². The lowest BCUT2D eigenvalue weighted by atomic mass is 9.96. The first-order valence-electron chi connectivity index (χ1n) is 8.53. The smallest absolute Gasteiger partial charge is 0.410 e. The molecule has 1 aliphatic heterocycles. The summed E-state index contributed by atoms with van der Waals surface area (Å²) in [5, 5.41) is 3.60. The van der Waals surface area contributed by atoms with Gasteiger partial charge >= 0.3 is 6.09 Å². The molecule has 1 heterocycles. The van der Waals surface area contributed by atoms with Gasteiger partial charge in [-0.25, -0.2) is 4.79 Å². The number of ether oxygens (including phenoxy) is 1. The molecule has 1 saturated heterocycles. The van der Waals surface area contributed by atoms with Gasteiger partial charge in [0, 0.05) is 25.2 Å². The highest BCUT2D eigenvalue weighted by Gasteiger charge is 2.35. The van der Waals surface area contributed by atoms with Crippen molar-refractivity contribution >= 4 is 6.09 Å². The Morgan fingerprint density at radius 1 is 1.30 bits per heavy atom. The van der Waals surface area contributed by atoms with E-state index in [2.05, 4.69) is 43.4 Å². The van der Waals surface area contributed by atoms with Crippen LogP contribution in [0.3, 0.4) is 0 Å². The van der Waals surface area contributed by atoms with Gasteiger partial charge < -0.3 is 15.0 Å². The summed E-state index contributed by atoms with van der Waals surface area (Å²) in [5.41, 5.74) is 0.829. The van der Waals surface area contributed by atoms with E-state index in [9.17, 15) is 4.79 Å². The second-order valence-electron chi connectivity index (χ2n) is 7.74. The summed E-state index contributed by atoms with van der Waals surface area (Å²) in [7, 11) is 0. The SMILES string of the molecule is CC(C)[C@H]1CN[C@@H](Cc2ccccc2)CN1C(=O)OC(C)(C)C. The summed E-state index contributed by atoms with van der Waals surface area (Å²) in [5.74, 6) is 0.396. The van der Waals surface area contributed by atoms with Crippen LogP contribution in [0.4, 0.5) is 4.79 Å². The average molecular weight is 318 g/mol. The number of benzene rings is 1. The van der Waals surface area contributed by atoms with E-state index in [1.165, 1.54) is 5.56 Å². The molecule has 0 aliphatic carbocycles. The number of rotatable bonds is 3. The van der Waals surface area contributed by atoms with Crippen molar-refractivity contribution in [3.63, 3.8) is 0 Å². The minimum Gasteiger partial charge on any atom is -0.444 e. The molecule has 128 valence electrons. The Morgan fingerprint density at radius 3 is 2.52 bits per heavy atom. The molecule has 4 heteroatoms. The van der Waals surface area contributed by atoms with E-state index < -0.39 is 5.60 Å².